The predicted octanol–water partition coefficient (Wildman–Crippen LogP) is 0.725. The number of hydrogen-bond acceptors (Lipinski definition) is 5. The summed E-state index contributed by atoms with van der Waals surface area (Å²) in [5.74, 6) is 0.243. The quantitative estimate of drug-likeness (QED) is 0.849. The van der Waals surface area contributed by atoms with Gasteiger partial charge in [0.2, 0.25) is 0 Å². The van der Waals surface area contributed by atoms with Crippen molar-refractivity contribution < 1.29 is 9.53 Å². The van der Waals surface area contributed by atoms with Gasteiger partial charge in [0.25, 0.3) is 5.91 Å². The molecule has 0 atom stereocenters. The van der Waals surface area contributed by atoms with Crippen LogP contribution in [0.4, 0.5) is 5.82 Å². The largest absolute Gasteiger partial charge is 0.371 e. The van der Waals surface area contributed by atoms with E-state index in [0.717, 1.165) is 38.4 Å². The van der Waals surface area contributed by atoms with Crippen LogP contribution < -0.4 is 10.6 Å². The molecule has 1 saturated heterocycles. The van der Waals surface area contributed by atoms with Crippen LogP contribution in [0.5, 0.6) is 0 Å². The molecular formula is C13H18N4O2. The second-order valence-corrected chi connectivity index (χ2v) is 5.30. The number of carbonyl (C=O) groups is 1. The van der Waals surface area contributed by atoms with Gasteiger partial charge in [-0.05, 0) is 25.0 Å². The van der Waals surface area contributed by atoms with E-state index in [1.165, 1.54) is 12.8 Å². The molecule has 1 aliphatic carbocycles. The zero-order valence-corrected chi connectivity index (χ0v) is 10.8. The molecule has 2 aliphatic rings. The van der Waals surface area contributed by atoms with Crippen molar-refractivity contribution in [3.05, 3.63) is 17.8 Å². The minimum absolute atomic E-state index is 0.00227. The van der Waals surface area contributed by atoms with Gasteiger partial charge in [-0.3, -0.25) is 4.79 Å². The van der Waals surface area contributed by atoms with Crippen molar-refractivity contribution in [1.82, 2.24) is 10.2 Å². The van der Waals surface area contributed by atoms with Crippen LogP contribution >= 0.6 is 0 Å². The fraction of sp³-hybridized carbons (Fsp3) is 0.615. The lowest BCUT2D eigenvalue weighted by molar-refractivity contribution is -0.0503. The smallest absolute Gasteiger partial charge is 0.269 e. The summed E-state index contributed by atoms with van der Waals surface area (Å²) in [6, 6.07) is 3.43. The lowest BCUT2D eigenvalue weighted by Crippen LogP contribution is -2.50. The monoisotopic (exact) mass is 262 g/mol. The minimum Gasteiger partial charge on any atom is -0.371 e. The first-order valence-corrected chi connectivity index (χ1v) is 6.71. The van der Waals surface area contributed by atoms with Crippen LogP contribution in [-0.2, 0) is 4.74 Å². The molecule has 2 N–H and O–H groups in total. The summed E-state index contributed by atoms with van der Waals surface area (Å²) in [7, 11) is 0. The average Bonchev–Trinajstić information content (AvgIpc) is 2.87. The summed E-state index contributed by atoms with van der Waals surface area (Å²) in [6.07, 6.45) is 4.72. The van der Waals surface area contributed by atoms with Gasteiger partial charge in [0.05, 0.1) is 12.2 Å². The summed E-state index contributed by atoms with van der Waals surface area (Å²) < 4.78 is 5.98. The number of hydrogen-bond donors (Lipinski definition) is 1. The Labute approximate surface area is 111 Å². The van der Waals surface area contributed by atoms with Gasteiger partial charge in [0, 0.05) is 13.1 Å². The fourth-order valence-corrected chi connectivity index (χ4v) is 2.99. The predicted molar refractivity (Wildman–Crippen MR) is 69.9 cm³/mol. The molecule has 0 bridgehead atoms. The molecule has 0 aromatic carbocycles. The van der Waals surface area contributed by atoms with Gasteiger partial charge in [-0.1, -0.05) is 12.8 Å². The van der Waals surface area contributed by atoms with E-state index in [2.05, 4.69) is 15.1 Å². The molecule has 1 amide bonds. The maximum atomic E-state index is 11.0. The van der Waals surface area contributed by atoms with Gasteiger partial charge in [-0.25, -0.2) is 0 Å². The molecular weight excluding hydrogens is 244 g/mol. The van der Waals surface area contributed by atoms with Crippen LogP contribution in [0.3, 0.4) is 0 Å². The van der Waals surface area contributed by atoms with Gasteiger partial charge in [0.1, 0.15) is 0 Å². The maximum Gasteiger partial charge on any atom is 0.269 e. The van der Waals surface area contributed by atoms with E-state index in [0.29, 0.717) is 0 Å². The van der Waals surface area contributed by atoms with E-state index in [1.807, 2.05) is 0 Å². The highest BCUT2D eigenvalue weighted by molar-refractivity contribution is 5.90. The fourth-order valence-electron chi connectivity index (χ4n) is 2.99. The molecule has 6 heteroatoms. The number of nitrogens with two attached hydrogens (primary N) is 1. The third-order valence-corrected chi connectivity index (χ3v) is 3.99. The summed E-state index contributed by atoms with van der Waals surface area (Å²) >= 11 is 0. The number of anilines is 1. The zero-order valence-electron chi connectivity index (χ0n) is 10.8. The molecule has 1 spiro atoms. The number of nitrogens with zero attached hydrogens (tertiary/aromatic N) is 3. The average molecular weight is 262 g/mol. The number of carbonyl (C=O) groups excluding carboxylic acids is 1. The van der Waals surface area contributed by atoms with E-state index in [4.69, 9.17) is 10.5 Å². The molecule has 1 saturated carbocycles. The minimum atomic E-state index is -0.548. The summed E-state index contributed by atoms with van der Waals surface area (Å²) in [6.45, 7) is 2.39. The standard InChI is InChI=1S/C13H18N4O2/c14-12(18)10-3-4-11(16-15-10)17-7-8-19-13(9-17)5-1-2-6-13/h3-4H,1-2,5-9H2,(H2,14,18). The maximum absolute atomic E-state index is 11.0. The first-order chi connectivity index (χ1) is 9.19. The first kappa shape index (κ1) is 12.3. The lowest BCUT2D eigenvalue weighted by Gasteiger charge is -2.40. The Hall–Kier alpha value is -1.69. The Balaban J connectivity index is 1.76. The van der Waals surface area contributed by atoms with Gasteiger partial charge in [-0.15, -0.1) is 10.2 Å². The molecule has 3 rings (SSSR count). The van der Waals surface area contributed by atoms with E-state index in [1.54, 1.807) is 12.1 Å². The molecule has 0 unspecified atom stereocenters. The van der Waals surface area contributed by atoms with Gasteiger partial charge < -0.3 is 15.4 Å². The number of primary amides is 1. The van der Waals surface area contributed by atoms with E-state index in [-0.39, 0.29) is 11.3 Å². The molecule has 0 radical (unpaired) electrons. The van der Waals surface area contributed by atoms with Crippen molar-refractivity contribution in [1.29, 1.82) is 0 Å². The molecule has 1 aliphatic heterocycles. The van der Waals surface area contributed by atoms with E-state index >= 15 is 0 Å². The topological polar surface area (TPSA) is 81.3 Å². The number of morpholine rings is 1. The Kier molecular flexibility index (Phi) is 3.10. The van der Waals surface area contributed by atoms with Crippen molar-refractivity contribution in [2.75, 3.05) is 24.6 Å². The van der Waals surface area contributed by atoms with Gasteiger partial charge >= 0.3 is 0 Å². The van der Waals surface area contributed by atoms with Crippen molar-refractivity contribution in [2.24, 2.45) is 5.73 Å². The van der Waals surface area contributed by atoms with Crippen LogP contribution in [0, 0.1) is 0 Å². The van der Waals surface area contributed by atoms with Crippen LogP contribution in [0.2, 0.25) is 0 Å². The molecule has 1 aromatic rings. The Bertz CT molecular complexity index is 468. The third kappa shape index (κ3) is 2.40. The Morgan fingerprint density at radius 2 is 2.11 bits per heavy atom. The van der Waals surface area contributed by atoms with Crippen molar-refractivity contribution in [2.45, 2.75) is 31.3 Å². The SMILES string of the molecule is NC(=O)c1ccc(N2CCOC3(CCCC3)C2)nn1. The second-order valence-electron chi connectivity index (χ2n) is 5.30. The number of aromatic nitrogens is 2. The summed E-state index contributed by atoms with van der Waals surface area (Å²) in [5.41, 5.74) is 5.37. The number of amides is 1. The van der Waals surface area contributed by atoms with Crippen LogP contribution in [0.25, 0.3) is 0 Å². The van der Waals surface area contributed by atoms with Crippen molar-refractivity contribution >= 4 is 11.7 Å². The molecule has 19 heavy (non-hydrogen) atoms. The highest BCUT2D eigenvalue weighted by atomic mass is 16.5. The third-order valence-electron chi connectivity index (χ3n) is 3.99. The van der Waals surface area contributed by atoms with E-state index in [9.17, 15) is 4.79 Å². The van der Waals surface area contributed by atoms with Gasteiger partial charge in [0.15, 0.2) is 11.5 Å². The molecule has 102 valence electrons. The number of rotatable bonds is 2. The molecule has 1 aromatic heterocycles. The summed E-state index contributed by atoms with van der Waals surface area (Å²) in [5, 5.41) is 7.96. The highest BCUT2D eigenvalue weighted by Crippen LogP contribution is 2.36. The first-order valence-electron chi connectivity index (χ1n) is 6.71. The second kappa shape index (κ2) is 4.77. The molecule has 2 fully saturated rings. The lowest BCUT2D eigenvalue weighted by atomic mass is 10.00. The van der Waals surface area contributed by atoms with Crippen molar-refractivity contribution in [3.8, 4) is 0 Å². The zero-order chi connectivity index (χ0) is 13.3. The summed E-state index contributed by atoms with van der Waals surface area (Å²) in [4.78, 5) is 13.2. The normalized spacial score (nSPS) is 21.8. The number of ether oxygens (including phenoxy) is 1. The van der Waals surface area contributed by atoms with Crippen LogP contribution in [0.15, 0.2) is 12.1 Å². The molecule has 6 nitrogen and oxygen atoms in total. The van der Waals surface area contributed by atoms with Crippen molar-refractivity contribution in [3.63, 3.8) is 0 Å². The highest BCUT2D eigenvalue weighted by Gasteiger charge is 2.39. The van der Waals surface area contributed by atoms with Crippen LogP contribution in [-0.4, -0.2) is 41.4 Å². The Morgan fingerprint density at radius 1 is 1.32 bits per heavy atom. The van der Waals surface area contributed by atoms with Crippen LogP contribution in [0.1, 0.15) is 36.2 Å². The van der Waals surface area contributed by atoms with Gasteiger partial charge in [-0.2, -0.15) is 0 Å². The van der Waals surface area contributed by atoms with E-state index < -0.39 is 5.91 Å². The molecule has 2 heterocycles. The Morgan fingerprint density at radius 3 is 2.74 bits per heavy atom.